The molecule has 0 fully saturated rings. The summed E-state index contributed by atoms with van der Waals surface area (Å²) < 4.78 is 7.26. The zero-order valence-electron chi connectivity index (χ0n) is 23.6. The number of methoxy groups -OCH3 is 1. The first-order valence-corrected chi connectivity index (χ1v) is 13.7. The average molecular weight is 537 g/mol. The molecule has 8 heteroatoms. The van der Waals surface area contributed by atoms with E-state index in [1.165, 1.54) is 11.1 Å². The Balaban J connectivity index is 1.49. The molecule has 5 rings (SSSR count). The summed E-state index contributed by atoms with van der Waals surface area (Å²) in [6.07, 6.45) is 1.61. The predicted octanol–water partition coefficient (Wildman–Crippen LogP) is 5.54. The highest BCUT2D eigenvalue weighted by molar-refractivity contribution is 5.80. The van der Waals surface area contributed by atoms with E-state index in [9.17, 15) is 4.79 Å². The molecule has 1 unspecified atom stereocenters. The van der Waals surface area contributed by atoms with Crippen molar-refractivity contribution in [3.05, 3.63) is 117 Å². The summed E-state index contributed by atoms with van der Waals surface area (Å²) in [6.45, 7) is 8.04. The van der Waals surface area contributed by atoms with E-state index in [-0.39, 0.29) is 11.6 Å². The second-order valence-electron chi connectivity index (χ2n) is 10.3. The minimum Gasteiger partial charge on any atom is -0.497 e. The lowest BCUT2D eigenvalue weighted by Crippen LogP contribution is -2.32. The first-order valence-electron chi connectivity index (χ1n) is 13.7. The Bertz CT molecular complexity index is 1630. The number of ether oxygens (including phenoxy) is 1. The number of aromatic nitrogens is 5. The van der Waals surface area contributed by atoms with Gasteiger partial charge in [0.25, 0.3) is 5.56 Å². The Hall–Kier alpha value is -4.30. The normalized spacial score (nSPS) is 12.2. The lowest BCUT2D eigenvalue weighted by Gasteiger charge is -2.30. The number of nitrogens with one attached hydrogen (secondary N) is 1. The van der Waals surface area contributed by atoms with Crippen LogP contribution >= 0.6 is 0 Å². The van der Waals surface area contributed by atoms with Gasteiger partial charge in [0.05, 0.1) is 13.2 Å². The van der Waals surface area contributed by atoms with Crippen molar-refractivity contribution in [1.82, 2.24) is 30.1 Å². The second-order valence-corrected chi connectivity index (χ2v) is 10.3. The van der Waals surface area contributed by atoms with Gasteiger partial charge in [-0.25, -0.2) is 4.68 Å². The van der Waals surface area contributed by atoms with Gasteiger partial charge in [0, 0.05) is 30.7 Å². The molecule has 0 amide bonds. The molecule has 0 spiro atoms. The van der Waals surface area contributed by atoms with E-state index in [0.29, 0.717) is 25.2 Å². The largest absolute Gasteiger partial charge is 0.497 e. The number of fused-ring (bicyclic) bond motifs is 1. The Kier molecular flexibility index (Phi) is 8.36. The van der Waals surface area contributed by atoms with E-state index in [4.69, 9.17) is 4.74 Å². The van der Waals surface area contributed by atoms with Gasteiger partial charge in [0.15, 0.2) is 5.82 Å². The maximum Gasteiger partial charge on any atom is 0.252 e. The Labute approximate surface area is 234 Å². The minimum atomic E-state index is -0.0947. The summed E-state index contributed by atoms with van der Waals surface area (Å²) in [5, 5.41) is 13.9. The van der Waals surface area contributed by atoms with Gasteiger partial charge in [-0.05, 0) is 95.1 Å². The second kappa shape index (κ2) is 12.3. The van der Waals surface area contributed by atoms with Crippen molar-refractivity contribution in [3.63, 3.8) is 0 Å². The molecule has 1 N–H and O–H groups in total. The molecule has 0 aliphatic rings. The van der Waals surface area contributed by atoms with Crippen molar-refractivity contribution in [2.45, 2.75) is 59.3 Å². The predicted molar refractivity (Wildman–Crippen MR) is 157 cm³/mol. The smallest absolute Gasteiger partial charge is 0.252 e. The first-order chi connectivity index (χ1) is 19.4. The lowest BCUT2D eigenvalue weighted by atomic mass is 10.0. The fraction of sp³-hybridized carbons (Fsp3) is 0.312. The van der Waals surface area contributed by atoms with Crippen molar-refractivity contribution >= 4 is 10.9 Å². The van der Waals surface area contributed by atoms with E-state index < -0.39 is 0 Å². The summed E-state index contributed by atoms with van der Waals surface area (Å²) in [7, 11) is 1.67. The quantitative estimate of drug-likeness (QED) is 0.239. The molecule has 0 radical (unpaired) electrons. The summed E-state index contributed by atoms with van der Waals surface area (Å²) >= 11 is 0. The van der Waals surface area contributed by atoms with Gasteiger partial charge in [-0.15, -0.1) is 5.10 Å². The molecule has 8 nitrogen and oxygen atoms in total. The van der Waals surface area contributed by atoms with Crippen molar-refractivity contribution < 1.29 is 4.74 Å². The number of rotatable bonds is 11. The van der Waals surface area contributed by atoms with E-state index in [2.05, 4.69) is 76.5 Å². The Morgan fingerprint density at radius 2 is 1.70 bits per heavy atom. The van der Waals surface area contributed by atoms with Crippen LogP contribution in [0.25, 0.3) is 10.9 Å². The maximum absolute atomic E-state index is 13.3. The number of aryl methyl sites for hydroxylation is 4. The zero-order valence-corrected chi connectivity index (χ0v) is 23.6. The minimum absolute atomic E-state index is 0.0750. The van der Waals surface area contributed by atoms with Crippen LogP contribution in [-0.2, 0) is 26.1 Å². The number of benzene rings is 3. The number of nitrogens with zero attached hydrogens (tertiary/aromatic N) is 5. The monoisotopic (exact) mass is 536 g/mol. The molecular weight excluding hydrogens is 500 g/mol. The number of tetrazole rings is 1. The molecule has 3 aromatic carbocycles. The zero-order chi connectivity index (χ0) is 28.1. The van der Waals surface area contributed by atoms with Gasteiger partial charge in [0.2, 0.25) is 0 Å². The fourth-order valence-corrected chi connectivity index (χ4v) is 5.19. The van der Waals surface area contributed by atoms with E-state index in [1.54, 1.807) is 7.11 Å². The third kappa shape index (κ3) is 6.13. The Morgan fingerprint density at radius 1 is 0.950 bits per heavy atom. The maximum atomic E-state index is 13.3. The number of H-pyrrole nitrogens is 1. The molecule has 2 heterocycles. The first kappa shape index (κ1) is 27.3. The highest BCUT2D eigenvalue weighted by Gasteiger charge is 2.26. The Morgan fingerprint density at radius 3 is 2.42 bits per heavy atom. The molecule has 1 atom stereocenters. The number of hydrogen-bond donors (Lipinski definition) is 1. The van der Waals surface area contributed by atoms with Crippen LogP contribution in [0, 0.1) is 13.8 Å². The highest BCUT2D eigenvalue weighted by Crippen LogP contribution is 2.27. The molecule has 0 aliphatic carbocycles. The SMILES string of the molecule is CCC(c1nnnn1CCc1ccccc1)N(Cc1ccc(OC)cc1)Cc1cc2cc(C)c(C)cc2[nH]c1=O. The van der Waals surface area contributed by atoms with Crippen LogP contribution in [0.2, 0.25) is 0 Å². The van der Waals surface area contributed by atoms with Gasteiger partial charge in [-0.2, -0.15) is 0 Å². The molecule has 206 valence electrons. The number of pyridine rings is 1. The average Bonchev–Trinajstić information content (AvgIpc) is 3.43. The fourth-order valence-electron chi connectivity index (χ4n) is 5.19. The van der Waals surface area contributed by atoms with Gasteiger partial charge in [0.1, 0.15) is 5.75 Å². The molecular formula is C32H36N6O2. The van der Waals surface area contributed by atoms with Gasteiger partial charge < -0.3 is 9.72 Å². The van der Waals surface area contributed by atoms with Crippen molar-refractivity contribution in [3.8, 4) is 5.75 Å². The van der Waals surface area contributed by atoms with Crippen LogP contribution in [-0.4, -0.2) is 37.2 Å². The van der Waals surface area contributed by atoms with Crippen molar-refractivity contribution in [2.24, 2.45) is 0 Å². The van der Waals surface area contributed by atoms with Gasteiger partial charge in [-0.1, -0.05) is 49.4 Å². The van der Waals surface area contributed by atoms with Crippen LogP contribution in [0.15, 0.2) is 77.6 Å². The van der Waals surface area contributed by atoms with E-state index >= 15 is 0 Å². The molecule has 2 aromatic heterocycles. The highest BCUT2D eigenvalue weighted by atomic mass is 16.5. The standard InChI is InChI=1S/C32H36N6O2/c1-5-30(31-34-35-36-38(31)16-15-24-9-7-6-8-10-24)37(20-25-11-13-28(40-4)14-12-25)21-27-19-26-17-22(2)23(3)18-29(26)33-32(27)39/h6-14,17-19,30H,5,15-16,20-21H2,1-4H3,(H,33,39). The summed E-state index contributed by atoms with van der Waals surface area (Å²) in [5.74, 6) is 1.61. The summed E-state index contributed by atoms with van der Waals surface area (Å²) in [5.41, 5.74) is 6.21. The van der Waals surface area contributed by atoms with E-state index in [0.717, 1.165) is 46.4 Å². The van der Waals surface area contributed by atoms with Crippen molar-refractivity contribution in [1.29, 1.82) is 0 Å². The molecule has 0 saturated heterocycles. The number of aromatic amines is 1. The van der Waals surface area contributed by atoms with Gasteiger partial charge in [-0.3, -0.25) is 9.69 Å². The topological polar surface area (TPSA) is 88.9 Å². The van der Waals surface area contributed by atoms with Crippen molar-refractivity contribution in [2.75, 3.05) is 7.11 Å². The van der Waals surface area contributed by atoms with Crippen LogP contribution in [0.5, 0.6) is 5.75 Å². The molecule has 0 aliphatic heterocycles. The third-order valence-electron chi connectivity index (χ3n) is 7.59. The molecule has 40 heavy (non-hydrogen) atoms. The molecule has 0 bridgehead atoms. The van der Waals surface area contributed by atoms with Crippen LogP contribution < -0.4 is 10.3 Å². The molecule has 5 aromatic rings. The van der Waals surface area contributed by atoms with Crippen LogP contribution in [0.3, 0.4) is 0 Å². The number of hydrogen-bond acceptors (Lipinski definition) is 6. The summed E-state index contributed by atoms with van der Waals surface area (Å²) in [4.78, 5) is 18.7. The summed E-state index contributed by atoms with van der Waals surface area (Å²) in [6, 6.07) is 24.5. The lowest BCUT2D eigenvalue weighted by molar-refractivity contribution is 0.160. The van der Waals surface area contributed by atoms with Crippen LogP contribution in [0.1, 0.15) is 53.0 Å². The van der Waals surface area contributed by atoms with E-state index in [1.807, 2.05) is 47.1 Å². The van der Waals surface area contributed by atoms with Crippen LogP contribution in [0.4, 0.5) is 0 Å². The van der Waals surface area contributed by atoms with Gasteiger partial charge >= 0.3 is 0 Å². The molecule has 0 saturated carbocycles. The third-order valence-corrected chi connectivity index (χ3v) is 7.59.